The highest BCUT2D eigenvalue weighted by Crippen LogP contribution is 2.26. The third-order valence-corrected chi connectivity index (χ3v) is 4.20. The van der Waals surface area contributed by atoms with Gasteiger partial charge in [-0.25, -0.2) is 0 Å². The van der Waals surface area contributed by atoms with Crippen LogP contribution in [0, 0.1) is 12.8 Å². The molecule has 94 valence electrons. The molecule has 1 aliphatic rings. The zero-order valence-corrected chi connectivity index (χ0v) is 11.2. The minimum atomic E-state index is 0.744. The Hall–Kier alpha value is -0.820. The van der Waals surface area contributed by atoms with E-state index >= 15 is 0 Å². The molecule has 0 bridgehead atoms. The SMILES string of the molecule is CCC1CCCC(NCc2ccccc2C)C1. The molecular weight excluding hydrogens is 206 g/mol. The van der Waals surface area contributed by atoms with E-state index in [1.165, 1.54) is 43.2 Å². The Morgan fingerprint density at radius 3 is 2.82 bits per heavy atom. The Balaban J connectivity index is 1.84. The number of benzene rings is 1. The van der Waals surface area contributed by atoms with Gasteiger partial charge in [-0.3, -0.25) is 0 Å². The van der Waals surface area contributed by atoms with Crippen molar-refractivity contribution >= 4 is 0 Å². The second-order valence-electron chi connectivity index (χ2n) is 5.45. The Morgan fingerprint density at radius 2 is 2.06 bits per heavy atom. The molecule has 1 fully saturated rings. The molecule has 1 aliphatic carbocycles. The summed E-state index contributed by atoms with van der Waals surface area (Å²) in [7, 11) is 0. The minimum absolute atomic E-state index is 0.744. The molecular formula is C16H25N. The van der Waals surface area contributed by atoms with E-state index in [1.54, 1.807) is 0 Å². The maximum Gasteiger partial charge on any atom is 0.0210 e. The molecule has 0 aliphatic heterocycles. The summed E-state index contributed by atoms with van der Waals surface area (Å²) in [5, 5.41) is 3.74. The van der Waals surface area contributed by atoms with Gasteiger partial charge < -0.3 is 5.32 Å². The van der Waals surface area contributed by atoms with Gasteiger partial charge in [0.2, 0.25) is 0 Å². The van der Waals surface area contributed by atoms with E-state index in [0.717, 1.165) is 18.5 Å². The van der Waals surface area contributed by atoms with Crippen LogP contribution in [0.3, 0.4) is 0 Å². The molecule has 1 saturated carbocycles. The fraction of sp³-hybridized carbons (Fsp3) is 0.625. The van der Waals surface area contributed by atoms with Crippen LogP contribution in [0.4, 0.5) is 0 Å². The van der Waals surface area contributed by atoms with Crippen molar-refractivity contribution in [3.8, 4) is 0 Å². The van der Waals surface area contributed by atoms with Crippen LogP contribution in [0.25, 0.3) is 0 Å². The van der Waals surface area contributed by atoms with Crippen molar-refractivity contribution in [1.29, 1.82) is 0 Å². The summed E-state index contributed by atoms with van der Waals surface area (Å²) in [5.41, 5.74) is 2.86. The molecule has 2 rings (SSSR count). The van der Waals surface area contributed by atoms with Gasteiger partial charge in [0.25, 0.3) is 0 Å². The van der Waals surface area contributed by atoms with E-state index in [0.29, 0.717) is 0 Å². The molecule has 2 unspecified atom stereocenters. The van der Waals surface area contributed by atoms with Crippen molar-refractivity contribution in [2.45, 2.75) is 58.5 Å². The maximum absolute atomic E-state index is 3.74. The summed E-state index contributed by atoms with van der Waals surface area (Å²) in [6.45, 7) is 5.56. The fourth-order valence-corrected chi connectivity index (χ4v) is 2.91. The molecule has 0 spiro atoms. The molecule has 0 aromatic heterocycles. The lowest BCUT2D eigenvalue weighted by atomic mass is 9.84. The summed E-state index contributed by atoms with van der Waals surface area (Å²) < 4.78 is 0. The van der Waals surface area contributed by atoms with Gasteiger partial charge in [0.1, 0.15) is 0 Å². The number of aryl methyl sites for hydroxylation is 1. The second kappa shape index (κ2) is 6.20. The highest BCUT2D eigenvalue weighted by atomic mass is 14.9. The maximum atomic E-state index is 3.74. The van der Waals surface area contributed by atoms with Crippen molar-refractivity contribution in [2.24, 2.45) is 5.92 Å². The Kier molecular flexibility index (Phi) is 4.61. The van der Waals surface area contributed by atoms with E-state index in [2.05, 4.69) is 43.4 Å². The Bertz CT molecular complexity index is 345. The zero-order valence-electron chi connectivity index (χ0n) is 11.2. The van der Waals surface area contributed by atoms with Crippen LogP contribution in [0.5, 0.6) is 0 Å². The smallest absolute Gasteiger partial charge is 0.0210 e. The van der Waals surface area contributed by atoms with Crippen LogP contribution in [0.2, 0.25) is 0 Å². The Labute approximate surface area is 106 Å². The average Bonchev–Trinajstić information content (AvgIpc) is 2.38. The standard InChI is InChI=1S/C16H25N/c1-3-14-8-6-10-16(11-14)17-12-15-9-5-4-7-13(15)2/h4-5,7,9,14,16-17H,3,6,8,10-12H2,1-2H3. The van der Waals surface area contributed by atoms with Gasteiger partial charge in [-0.05, 0) is 36.8 Å². The first kappa shape index (κ1) is 12.6. The summed E-state index contributed by atoms with van der Waals surface area (Å²) in [6, 6.07) is 9.44. The quantitative estimate of drug-likeness (QED) is 0.824. The van der Waals surface area contributed by atoms with Gasteiger partial charge in [0, 0.05) is 12.6 Å². The highest BCUT2D eigenvalue weighted by Gasteiger charge is 2.20. The van der Waals surface area contributed by atoms with Crippen molar-refractivity contribution < 1.29 is 0 Å². The molecule has 1 nitrogen and oxygen atoms in total. The fourth-order valence-electron chi connectivity index (χ4n) is 2.91. The second-order valence-corrected chi connectivity index (χ2v) is 5.45. The largest absolute Gasteiger partial charge is 0.310 e. The van der Waals surface area contributed by atoms with Crippen LogP contribution >= 0.6 is 0 Å². The molecule has 1 heteroatoms. The third kappa shape index (κ3) is 3.57. The normalized spacial score (nSPS) is 24.8. The first-order chi connectivity index (χ1) is 8.29. The summed E-state index contributed by atoms with van der Waals surface area (Å²) in [5.74, 6) is 0.957. The highest BCUT2D eigenvalue weighted by molar-refractivity contribution is 5.25. The summed E-state index contributed by atoms with van der Waals surface area (Å²) in [6.07, 6.45) is 6.94. The zero-order chi connectivity index (χ0) is 12.1. The van der Waals surface area contributed by atoms with Crippen LogP contribution in [-0.2, 0) is 6.54 Å². The van der Waals surface area contributed by atoms with Gasteiger partial charge in [0.05, 0.1) is 0 Å². The molecule has 1 aromatic carbocycles. The van der Waals surface area contributed by atoms with Crippen molar-refractivity contribution in [3.05, 3.63) is 35.4 Å². The van der Waals surface area contributed by atoms with Crippen molar-refractivity contribution in [2.75, 3.05) is 0 Å². The van der Waals surface area contributed by atoms with E-state index in [9.17, 15) is 0 Å². The topological polar surface area (TPSA) is 12.0 Å². The van der Waals surface area contributed by atoms with Crippen molar-refractivity contribution in [3.63, 3.8) is 0 Å². The number of hydrogen-bond donors (Lipinski definition) is 1. The Morgan fingerprint density at radius 1 is 1.24 bits per heavy atom. The molecule has 0 saturated heterocycles. The molecule has 0 radical (unpaired) electrons. The van der Waals surface area contributed by atoms with Crippen LogP contribution in [-0.4, -0.2) is 6.04 Å². The van der Waals surface area contributed by atoms with Gasteiger partial charge >= 0.3 is 0 Å². The minimum Gasteiger partial charge on any atom is -0.310 e. The van der Waals surface area contributed by atoms with Gasteiger partial charge in [-0.1, -0.05) is 50.5 Å². The van der Waals surface area contributed by atoms with Gasteiger partial charge in [-0.2, -0.15) is 0 Å². The number of rotatable bonds is 4. The van der Waals surface area contributed by atoms with Crippen LogP contribution < -0.4 is 5.32 Å². The lowest BCUT2D eigenvalue weighted by molar-refractivity contribution is 0.278. The van der Waals surface area contributed by atoms with Crippen molar-refractivity contribution in [1.82, 2.24) is 5.32 Å². The van der Waals surface area contributed by atoms with Crippen LogP contribution in [0.15, 0.2) is 24.3 Å². The lowest BCUT2D eigenvalue weighted by Crippen LogP contribution is -2.33. The summed E-state index contributed by atoms with van der Waals surface area (Å²) >= 11 is 0. The first-order valence-electron chi connectivity index (χ1n) is 7.07. The summed E-state index contributed by atoms with van der Waals surface area (Å²) in [4.78, 5) is 0. The monoisotopic (exact) mass is 231 g/mol. The predicted molar refractivity (Wildman–Crippen MR) is 74.1 cm³/mol. The first-order valence-corrected chi connectivity index (χ1v) is 7.07. The van der Waals surface area contributed by atoms with E-state index in [-0.39, 0.29) is 0 Å². The molecule has 0 amide bonds. The number of nitrogens with one attached hydrogen (secondary N) is 1. The average molecular weight is 231 g/mol. The predicted octanol–water partition coefficient (Wildman–Crippen LogP) is 4.05. The molecule has 1 aromatic rings. The van der Waals surface area contributed by atoms with E-state index in [4.69, 9.17) is 0 Å². The lowest BCUT2D eigenvalue weighted by Gasteiger charge is -2.29. The third-order valence-electron chi connectivity index (χ3n) is 4.20. The van der Waals surface area contributed by atoms with Gasteiger partial charge in [0.15, 0.2) is 0 Å². The van der Waals surface area contributed by atoms with Crippen LogP contribution in [0.1, 0.15) is 50.2 Å². The van der Waals surface area contributed by atoms with E-state index < -0.39 is 0 Å². The van der Waals surface area contributed by atoms with Gasteiger partial charge in [-0.15, -0.1) is 0 Å². The number of hydrogen-bond acceptors (Lipinski definition) is 1. The molecule has 17 heavy (non-hydrogen) atoms. The van der Waals surface area contributed by atoms with E-state index in [1.807, 2.05) is 0 Å². The molecule has 1 N–H and O–H groups in total. The molecule has 2 atom stereocenters. The molecule has 0 heterocycles.